The number of thiophene rings is 1. The Morgan fingerprint density at radius 2 is 2.31 bits per heavy atom. The predicted molar refractivity (Wildman–Crippen MR) is 65.0 cm³/mol. The van der Waals surface area contributed by atoms with Crippen molar-refractivity contribution < 1.29 is 0 Å². The molecule has 0 aliphatic carbocycles. The lowest BCUT2D eigenvalue weighted by Crippen LogP contribution is -2.23. The lowest BCUT2D eigenvalue weighted by atomic mass is 10.4. The third-order valence-electron chi connectivity index (χ3n) is 2.23. The molecule has 0 bridgehead atoms. The molecule has 3 rings (SSSR count). The summed E-state index contributed by atoms with van der Waals surface area (Å²) in [4.78, 5) is 13.7. The third-order valence-corrected chi connectivity index (χ3v) is 4.01. The van der Waals surface area contributed by atoms with Crippen molar-refractivity contribution in [3.8, 4) is 0 Å². The minimum absolute atomic E-state index is 0.0316. The molecule has 0 saturated carbocycles. The van der Waals surface area contributed by atoms with Gasteiger partial charge in [0.2, 0.25) is 4.96 Å². The number of aryl methyl sites for hydroxylation is 1. The Labute approximate surface area is 98.5 Å². The topological polar surface area (TPSA) is 47.3 Å². The van der Waals surface area contributed by atoms with Crippen molar-refractivity contribution in [1.82, 2.24) is 14.6 Å². The molecule has 0 N–H and O–H groups in total. The zero-order valence-electron chi connectivity index (χ0n) is 8.38. The van der Waals surface area contributed by atoms with Crippen molar-refractivity contribution in [2.24, 2.45) is 0 Å². The highest BCUT2D eigenvalue weighted by atomic mass is 32.1. The molecule has 80 valence electrons. The molecule has 0 saturated heterocycles. The van der Waals surface area contributed by atoms with Gasteiger partial charge in [-0.05, 0) is 24.4 Å². The van der Waals surface area contributed by atoms with Crippen LogP contribution in [0.2, 0.25) is 0 Å². The summed E-state index contributed by atoms with van der Waals surface area (Å²) in [5.41, 5.74) is -0.0316. The van der Waals surface area contributed by atoms with E-state index in [-0.39, 0.29) is 5.56 Å². The molecule has 0 spiro atoms. The van der Waals surface area contributed by atoms with Crippen LogP contribution in [-0.4, -0.2) is 14.6 Å². The van der Waals surface area contributed by atoms with E-state index < -0.39 is 0 Å². The second-order valence-electron chi connectivity index (χ2n) is 3.30. The quantitative estimate of drug-likeness (QED) is 0.648. The van der Waals surface area contributed by atoms with Gasteiger partial charge in [-0.3, -0.25) is 4.79 Å². The lowest BCUT2D eigenvalue weighted by Gasteiger charge is -1.80. The molecule has 6 heteroatoms. The highest BCUT2D eigenvalue weighted by Crippen LogP contribution is 2.09. The molecule has 0 fully saturated rings. The van der Waals surface area contributed by atoms with Crippen LogP contribution >= 0.6 is 22.7 Å². The highest BCUT2D eigenvalue weighted by Gasteiger charge is 2.08. The summed E-state index contributed by atoms with van der Waals surface area (Å²) in [6.45, 7) is 1.78. The number of hydrogen-bond donors (Lipinski definition) is 0. The Balaban J connectivity index is 2.33. The average Bonchev–Trinajstić information content (AvgIpc) is 2.92. The van der Waals surface area contributed by atoms with Gasteiger partial charge in [-0.25, -0.2) is 4.40 Å². The van der Waals surface area contributed by atoms with Crippen molar-refractivity contribution in [2.45, 2.75) is 6.92 Å². The number of fused-ring (bicyclic) bond motifs is 1. The number of aromatic nitrogens is 3. The predicted octanol–water partition coefficient (Wildman–Crippen LogP) is 1.07. The van der Waals surface area contributed by atoms with Crippen molar-refractivity contribution in [3.63, 3.8) is 0 Å². The maximum absolute atomic E-state index is 12.0. The van der Waals surface area contributed by atoms with E-state index in [0.29, 0.717) is 15.3 Å². The fraction of sp³-hybridized carbons (Fsp3) is 0.100. The minimum Gasteiger partial charge on any atom is -0.267 e. The molecular formula is C10H7N3OS2. The molecule has 16 heavy (non-hydrogen) atoms. The van der Waals surface area contributed by atoms with Crippen molar-refractivity contribution >= 4 is 33.7 Å². The van der Waals surface area contributed by atoms with Gasteiger partial charge in [0, 0.05) is 4.88 Å². The van der Waals surface area contributed by atoms with Crippen LogP contribution in [0, 0.1) is 6.92 Å². The molecule has 0 radical (unpaired) electrons. The van der Waals surface area contributed by atoms with Crippen LogP contribution in [0.15, 0.2) is 22.3 Å². The van der Waals surface area contributed by atoms with Crippen molar-refractivity contribution in [2.75, 3.05) is 0 Å². The molecule has 3 aromatic heterocycles. The standard InChI is InChI=1S/C10H7N3OS2/c1-6-11-12-10-13(6)9(14)8(16-10)5-7-3-2-4-15-7/h2-5H,1H3. The van der Waals surface area contributed by atoms with Gasteiger partial charge in [0.05, 0.1) is 4.53 Å². The smallest absolute Gasteiger partial charge is 0.267 e. The summed E-state index contributed by atoms with van der Waals surface area (Å²) in [5.74, 6) is 0.641. The minimum atomic E-state index is -0.0316. The maximum Gasteiger partial charge on any atom is 0.275 e. The fourth-order valence-corrected chi connectivity index (χ4v) is 3.17. The summed E-state index contributed by atoms with van der Waals surface area (Å²) in [5, 5.41) is 9.80. The summed E-state index contributed by atoms with van der Waals surface area (Å²) < 4.78 is 2.25. The zero-order chi connectivity index (χ0) is 11.1. The van der Waals surface area contributed by atoms with Gasteiger partial charge in [-0.15, -0.1) is 21.5 Å². The largest absolute Gasteiger partial charge is 0.275 e. The molecular weight excluding hydrogens is 242 g/mol. The molecule has 4 nitrogen and oxygen atoms in total. The van der Waals surface area contributed by atoms with E-state index in [0.717, 1.165) is 4.88 Å². The maximum atomic E-state index is 12.0. The zero-order valence-corrected chi connectivity index (χ0v) is 10.0. The summed E-state index contributed by atoms with van der Waals surface area (Å²) in [6, 6.07) is 3.95. The third kappa shape index (κ3) is 1.38. The van der Waals surface area contributed by atoms with Crippen molar-refractivity contribution in [3.05, 3.63) is 43.1 Å². The van der Waals surface area contributed by atoms with Crippen LogP contribution in [0.5, 0.6) is 0 Å². The van der Waals surface area contributed by atoms with Crippen LogP contribution < -0.4 is 10.1 Å². The highest BCUT2D eigenvalue weighted by molar-refractivity contribution is 7.15. The monoisotopic (exact) mass is 249 g/mol. The van der Waals surface area contributed by atoms with Crippen LogP contribution in [0.3, 0.4) is 0 Å². The number of thiazole rings is 1. The Hall–Kier alpha value is -1.53. The van der Waals surface area contributed by atoms with Gasteiger partial charge in [0.15, 0.2) is 0 Å². The van der Waals surface area contributed by atoms with Gasteiger partial charge >= 0.3 is 0 Å². The second-order valence-corrected chi connectivity index (χ2v) is 5.28. The number of hydrogen-bond acceptors (Lipinski definition) is 5. The summed E-state index contributed by atoms with van der Waals surface area (Å²) in [6.07, 6.45) is 1.89. The van der Waals surface area contributed by atoms with E-state index in [4.69, 9.17) is 0 Å². The summed E-state index contributed by atoms with van der Waals surface area (Å²) in [7, 11) is 0. The van der Waals surface area contributed by atoms with E-state index in [1.165, 1.54) is 11.3 Å². The normalized spacial score (nSPS) is 12.7. The van der Waals surface area contributed by atoms with Crippen LogP contribution in [0.25, 0.3) is 11.0 Å². The number of nitrogens with zero attached hydrogens (tertiary/aromatic N) is 3. The molecule has 3 heterocycles. The Morgan fingerprint density at radius 1 is 1.44 bits per heavy atom. The average molecular weight is 249 g/mol. The molecule has 3 aromatic rings. The number of rotatable bonds is 1. The lowest BCUT2D eigenvalue weighted by molar-refractivity contribution is 0.984. The first kappa shape index (κ1) is 9.68. The van der Waals surface area contributed by atoms with Gasteiger partial charge in [-0.1, -0.05) is 17.4 Å². The first-order valence-electron chi connectivity index (χ1n) is 4.65. The van der Waals surface area contributed by atoms with Crippen LogP contribution in [0.1, 0.15) is 10.7 Å². The van der Waals surface area contributed by atoms with E-state index in [1.807, 2.05) is 23.6 Å². The Bertz CT molecular complexity index is 739. The summed E-state index contributed by atoms with van der Waals surface area (Å²) >= 11 is 2.98. The molecule has 0 aromatic carbocycles. The first-order valence-corrected chi connectivity index (χ1v) is 6.35. The van der Waals surface area contributed by atoms with E-state index in [9.17, 15) is 4.79 Å². The van der Waals surface area contributed by atoms with Crippen LogP contribution in [0.4, 0.5) is 0 Å². The molecule has 0 atom stereocenters. The van der Waals surface area contributed by atoms with Gasteiger partial charge in [0.1, 0.15) is 5.82 Å². The van der Waals surface area contributed by atoms with E-state index in [1.54, 1.807) is 22.7 Å². The van der Waals surface area contributed by atoms with Gasteiger partial charge in [-0.2, -0.15) is 0 Å². The van der Waals surface area contributed by atoms with Gasteiger partial charge < -0.3 is 0 Å². The molecule has 0 amide bonds. The van der Waals surface area contributed by atoms with Crippen molar-refractivity contribution in [1.29, 1.82) is 0 Å². The molecule has 0 unspecified atom stereocenters. The Kier molecular flexibility index (Phi) is 2.12. The Morgan fingerprint density at radius 3 is 3.00 bits per heavy atom. The van der Waals surface area contributed by atoms with E-state index in [2.05, 4.69) is 10.2 Å². The molecule has 0 aliphatic heterocycles. The fourth-order valence-electron chi connectivity index (χ4n) is 1.49. The SMILES string of the molecule is Cc1nnc2sc(=Cc3cccs3)c(=O)n12. The van der Waals surface area contributed by atoms with E-state index >= 15 is 0 Å². The first-order chi connectivity index (χ1) is 7.75. The van der Waals surface area contributed by atoms with Gasteiger partial charge in [0.25, 0.3) is 5.56 Å². The van der Waals surface area contributed by atoms with Crippen LogP contribution in [-0.2, 0) is 0 Å². The molecule has 0 aliphatic rings. The second kappa shape index (κ2) is 3.50.